The van der Waals surface area contributed by atoms with E-state index >= 15 is 0 Å². The number of carbonyl (C=O) groups excluding carboxylic acids is 1. The van der Waals surface area contributed by atoms with Gasteiger partial charge in [-0.25, -0.2) is 9.07 Å². The van der Waals surface area contributed by atoms with E-state index in [0.717, 1.165) is 17.0 Å². The van der Waals surface area contributed by atoms with Crippen LogP contribution >= 0.6 is 12.2 Å². The molecule has 158 valence electrons. The van der Waals surface area contributed by atoms with Gasteiger partial charge in [0.2, 0.25) is 0 Å². The van der Waals surface area contributed by atoms with Gasteiger partial charge < -0.3 is 9.88 Å². The van der Waals surface area contributed by atoms with Gasteiger partial charge in [-0.1, -0.05) is 23.8 Å². The minimum Gasteiger partial charge on any atom is -0.351 e. The van der Waals surface area contributed by atoms with Crippen molar-refractivity contribution in [1.29, 1.82) is 0 Å². The molecular weight excluding hydrogens is 415 g/mol. The summed E-state index contributed by atoms with van der Waals surface area (Å²) >= 11 is 5.11. The molecule has 0 atom stereocenters. The highest BCUT2D eigenvalue weighted by Crippen LogP contribution is 2.25. The number of rotatable bonds is 6. The highest BCUT2D eigenvalue weighted by atomic mass is 32.1. The second-order valence-corrected chi connectivity index (χ2v) is 7.58. The number of aromatic nitrogens is 5. The van der Waals surface area contributed by atoms with Crippen molar-refractivity contribution in [3.63, 3.8) is 0 Å². The van der Waals surface area contributed by atoms with Crippen LogP contribution in [0.2, 0.25) is 0 Å². The summed E-state index contributed by atoms with van der Waals surface area (Å²) in [5.41, 5.74) is 3.55. The number of H-pyrrole nitrogens is 1. The number of carbonyl (C=O) groups is 1. The Balaban J connectivity index is 1.62. The van der Waals surface area contributed by atoms with Crippen molar-refractivity contribution >= 4 is 18.1 Å². The summed E-state index contributed by atoms with van der Waals surface area (Å²) in [6, 6.07) is 13.8. The van der Waals surface area contributed by atoms with E-state index in [1.165, 1.54) is 12.1 Å². The van der Waals surface area contributed by atoms with Crippen molar-refractivity contribution in [3.05, 3.63) is 82.3 Å². The Morgan fingerprint density at radius 2 is 2.00 bits per heavy atom. The molecule has 0 aliphatic carbocycles. The van der Waals surface area contributed by atoms with Crippen molar-refractivity contribution in [1.82, 2.24) is 29.9 Å². The molecule has 1 amide bonds. The standard InChI is InChI=1S/C22H21FN6OS/c1-14-4-3-5-15(12-14)20-18(13-29(27-20)17-8-6-16(23)7-9-17)21(30)24-11-10-19-25-26-22(31)28(19)2/h3-9,12-13H,10-11H2,1-2H3,(H,24,30)(H,26,31). The first kappa shape index (κ1) is 20.7. The van der Waals surface area contributed by atoms with Gasteiger partial charge in [-0.2, -0.15) is 10.2 Å². The van der Waals surface area contributed by atoms with Gasteiger partial charge in [0, 0.05) is 31.8 Å². The molecule has 2 aromatic heterocycles. The van der Waals surface area contributed by atoms with E-state index in [2.05, 4.69) is 20.6 Å². The Morgan fingerprint density at radius 1 is 1.23 bits per heavy atom. The van der Waals surface area contributed by atoms with Gasteiger partial charge >= 0.3 is 0 Å². The third-order valence-electron chi connectivity index (χ3n) is 4.95. The SMILES string of the molecule is Cc1cccc(-c2nn(-c3ccc(F)cc3)cc2C(=O)NCCc2n[nH]c(=S)n2C)c1. The molecule has 0 bridgehead atoms. The molecule has 0 aliphatic heterocycles. The number of nitrogens with zero attached hydrogens (tertiary/aromatic N) is 4. The Hall–Kier alpha value is -3.59. The fraction of sp³-hybridized carbons (Fsp3) is 0.182. The summed E-state index contributed by atoms with van der Waals surface area (Å²) in [5.74, 6) is 0.175. The zero-order valence-corrected chi connectivity index (χ0v) is 17.9. The lowest BCUT2D eigenvalue weighted by molar-refractivity contribution is 0.0954. The van der Waals surface area contributed by atoms with Crippen LogP contribution in [-0.2, 0) is 13.5 Å². The summed E-state index contributed by atoms with van der Waals surface area (Å²) < 4.78 is 17.2. The summed E-state index contributed by atoms with van der Waals surface area (Å²) in [6.45, 7) is 2.37. The van der Waals surface area contributed by atoms with E-state index in [1.54, 1.807) is 27.6 Å². The maximum Gasteiger partial charge on any atom is 0.255 e. The largest absolute Gasteiger partial charge is 0.351 e. The van der Waals surface area contributed by atoms with Crippen LogP contribution < -0.4 is 5.32 Å². The average molecular weight is 437 g/mol. The van der Waals surface area contributed by atoms with E-state index < -0.39 is 0 Å². The number of hydrogen-bond acceptors (Lipinski definition) is 4. The van der Waals surface area contributed by atoms with E-state index in [9.17, 15) is 9.18 Å². The first-order valence-electron chi connectivity index (χ1n) is 9.73. The minimum atomic E-state index is -0.332. The number of nitrogens with one attached hydrogen (secondary N) is 2. The Kier molecular flexibility index (Phi) is 5.77. The molecule has 2 heterocycles. The van der Waals surface area contributed by atoms with Crippen LogP contribution in [0.5, 0.6) is 0 Å². The lowest BCUT2D eigenvalue weighted by Crippen LogP contribution is -2.26. The van der Waals surface area contributed by atoms with E-state index in [-0.39, 0.29) is 11.7 Å². The van der Waals surface area contributed by atoms with Crippen molar-refractivity contribution in [3.8, 4) is 16.9 Å². The Morgan fingerprint density at radius 3 is 2.68 bits per heavy atom. The van der Waals surface area contributed by atoms with Crippen LogP contribution in [-0.4, -0.2) is 37.0 Å². The molecule has 4 rings (SSSR count). The predicted octanol–water partition coefficient (Wildman–Crippen LogP) is 3.75. The van der Waals surface area contributed by atoms with Crippen LogP contribution in [0.1, 0.15) is 21.7 Å². The van der Waals surface area contributed by atoms with Gasteiger partial charge in [0.1, 0.15) is 17.3 Å². The molecule has 2 aromatic carbocycles. The van der Waals surface area contributed by atoms with Gasteiger partial charge in [0.05, 0.1) is 11.3 Å². The molecule has 9 heteroatoms. The maximum absolute atomic E-state index is 13.3. The van der Waals surface area contributed by atoms with Gasteiger partial charge in [0.15, 0.2) is 4.77 Å². The highest BCUT2D eigenvalue weighted by Gasteiger charge is 2.19. The zero-order valence-electron chi connectivity index (χ0n) is 17.1. The average Bonchev–Trinajstić information content (AvgIpc) is 3.34. The van der Waals surface area contributed by atoms with Crippen molar-refractivity contribution in [2.45, 2.75) is 13.3 Å². The fourth-order valence-corrected chi connectivity index (χ4v) is 3.41. The number of halogens is 1. The molecule has 0 radical (unpaired) electrons. The molecular formula is C22H21FN6OS. The smallest absolute Gasteiger partial charge is 0.255 e. The van der Waals surface area contributed by atoms with Gasteiger partial charge in [-0.3, -0.25) is 9.89 Å². The van der Waals surface area contributed by atoms with E-state index in [1.807, 2.05) is 38.2 Å². The van der Waals surface area contributed by atoms with Crippen LogP contribution in [0.4, 0.5) is 4.39 Å². The summed E-state index contributed by atoms with van der Waals surface area (Å²) in [6.07, 6.45) is 2.19. The first-order valence-corrected chi connectivity index (χ1v) is 10.1. The van der Waals surface area contributed by atoms with Gasteiger partial charge in [0.25, 0.3) is 5.91 Å². The quantitative estimate of drug-likeness (QED) is 0.451. The summed E-state index contributed by atoms with van der Waals surface area (Å²) in [5, 5.41) is 14.4. The molecule has 0 spiro atoms. The van der Waals surface area contributed by atoms with Crippen LogP contribution in [0, 0.1) is 17.5 Å². The monoisotopic (exact) mass is 436 g/mol. The van der Waals surface area contributed by atoms with Crippen LogP contribution in [0.25, 0.3) is 16.9 Å². The molecule has 0 aliphatic rings. The van der Waals surface area contributed by atoms with E-state index in [0.29, 0.717) is 34.7 Å². The van der Waals surface area contributed by atoms with Crippen molar-refractivity contribution in [2.24, 2.45) is 7.05 Å². The number of amides is 1. The third kappa shape index (κ3) is 4.46. The molecule has 0 saturated heterocycles. The van der Waals surface area contributed by atoms with Crippen molar-refractivity contribution < 1.29 is 9.18 Å². The predicted molar refractivity (Wildman–Crippen MR) is 118 cm³/mol. The molecule has 4 aromatic rings. The Bertz CT molecular complexity index is 1290. The van der Waals surface area contributed by atoms with Crippen LogP contribution in [0.3, 0.4) is 0 Å². The number of aryl methyl sites for hydroxylation is 1. The number of hydrogen-bond donors (Lipinski definition) is 2. The number of aromatic amines is 1. The third-order valence-corrected chi connectivity index (χ3v) is 5.31. The normalized spacial score (nSPS) is 10.9. The van der Waals surface area contributed by atoms with Gasteiger partial charge in [-0.05, 0) is 49.5 Å². The minimum absolute atomic E-state index is 0.248. The molecule has 0 unspecified atom stereocenters. The number of benzene rings is 2. The second kappa shape index (κ2) is 8.65. The summed E-state index contributed by atoms with van der Waals surface area (Å²) in [7, 11) is 1.82. The molecule has 7 nitrogen and oxygen atoms in total. The fourth-order valence-electron chi connectivity index (χ4n) is 3.26. The lowest BCUT2D eigenvalue weighted by Gasteiger charge is -2.06. The first-order chi connectivity index (χ1) is 14.9. The topological polar surface area (TPSA) is 80.5 Å². The van der Waals surface area contributed by atoms with Crippen LogP contribution in [0.15, 0.2) is 54.7 Å². The molecule has 31 heavy (non-hydrogen) atoms. The highest BCUT2D eigenvalue weighted by molar-refractivity contribution is 7.71. The zero-order chi connectivity index (χ0) is 22.0. The lowest BCUT2D eigenvalue weighted by atomic mass is 10.1. The summed E-state index contributed by atoms with van der Waals surface area (Å²) in [4.78, 5) is 13.0. The maximum atomic E-state index is 13.3. The van der Waals surface area contributed by atoms with E-state index in [4.69, 9.17) is 12.2 Å². The van der Waals surface area contributed by atoms with Gasteiger partial charge in [-0.15, -0.1) is 0 Å². The second-order valence-electron chi connectivity index (χ2n) is 7.19. The molecule has 0 fully saturated rings. The molecule has 0 saturated carbocycles. The Labute approximate surface area is 183 Å². The molecule has 2 N–H and O–H groups in total. The van der Waals surface area contributed by atoms with Crippen molar-refractivity contribution in [2.75, 3.05) is 6.54 Å².